The molecule has 0 fully saturated rings. The molecule has 0 saturated carbocycles. The predicted molar refractivity (Wildman–Crippen MR) is 74.9 cm³/mol. The van der Waals surface area contributed by atoms with Crippen molar-refractivity contribution in [2.75, 3.05) is 12.4 Å². The maximum absolute atomic E-state index is 12.1. The number of benzene rings is 1. The maximum Gasteiger partial charge on any atom is 0.256 e. The van der Waals surface area contributed by atoms with Crippen molar-refractivity contribution in [3.63, 3.8) is 0 Å². The zero-order valence-electron chi connectivity index (χ0n) is 10.1. The summed E-state index contributed by atoms with van der Waals surface area (Å²) in [5.41, 5.74) is 0.539. The Kier molecular flexibility index (Phi) is 2.92. The van der Waals surface area contributed by atoms with Gasteiger partial charge < -0.3 is 10.1 Å². The number of carbonyl (C=O) groups is 1. The van der Waals surface area contributed by atoms with E-state index in [1.807, 2.05) is 11.4 Å². The Hall–Kier alpha value is -2.34. The molecule has 3 aromatic rings. The molecule has 1 aromatic carbocycles. The number of amides is 1. The lowest BCUT2D eigenvalue weighted by Gasteiger charge is -2.04. The van der Waals surface area contributed by atoms with Gasteiger partial charge in [-0.1, -0.05) is 6.07 Å². The first kappa shape index (κ1) is 11.7. The molecule has 1 amide bonds. The van der Waals surface area contributed by atoms with Gasteiger partial charge in [0.15, 0.2) is 0 Å². The number of fused-ring (bicyclic) bond motifs is 1. The number of aromatic amines is 1. The summed E-state index contributed by atoms with van der Waals surface area (Å²) in [5, 5.41) is 12.6. The Balaban J connectivity index is 1.86. The standard InChI is InChI=1S/C13H11N3O2S/c1-18-9-4-2-3-8(7-9)12(17)14-11-10-5-6-19-13(10)16-15-11/h2-7H,1H3,(H2,14,15,16,17). The highest BCUT2D eigenvalue weighted by atomic mass is 32.1. The molecule has 2 N–H and O–H groups in total. The van der Waals surface area contributed by atoms with Gasteiger partial charge in [-0.15, -0.1) is 11.3 Å². The zero-order chi connectivity index (χ0) is 13.2. The molecule has 19 heavy (non-hydrogen) atoms. The summed E-state index contributed by atoms with van der Waals surface area (Å²) in [6.07, 6.45) is 0. The number of nitrogens with one attached hydrogen (secondary N) is 2. The number of anilines is 1. The highest BCUT2D eigenvalue weighted by Gasteiger charge is 2.11. The van der Waals surface area contributed by atoms with Gasteiger partial charge in [0.1, 0.15) is 16.4 Å². The molecular formula is C13H11N3O2S. The number of H-pyrrole nitrogens is 1. The number of methoxy groups -OCH3 is 1. The maximum atomic E-state index is 12.1. The van der Waals surface area contributed by atoms with E-state index in [-0.39, 0.29) is 5.91 Å². The van der Waals surface area contributed by atoms with Gasteiger partial charge in [0.2, 0.25) is 0 Å². The van der Waals surface area contributed by atoms with E-state index in [1.165, 1.54) is 11.3 Å². The minimum absolute atomic E-state index is 0.198. The van der Waals surface area contributed by atoms with Gasteiger partial charge in [-0.2, -0.15) is 5.10 Å². The van der Waals surface area contributed by atoms with Crippen LogP contribution in [0, 0.1) is 0 Å². The Morgan fingerprint density at radius 2 is 2.32 bits per heavy atom. The van der Waals surface area contributed by atoms with E-state index in [0.717, 1.165) is 10.2 Å². The molecule has 0 spiro atoms. The van der Waals surface area contributed by atoms with Crippen LogP contribution in [0.1, 0.15) is 10.4 Å². The summed E-state index contributed by atoms with van der Waals surface area (Å²) >= 11 is 1.52. The molecule has 0 atom stereocenters. The third kappa shape index (κ3) is 2.17. The van der Waals surface area contributed by atoms with E-state index in [1.54, 1.807) is 31.4 Å². The second kappa shape index (κ2) is 4.74. The molecule has 6 heteroatoms. The number of thiophene rings is 1. The first-order valence-electron chi connectivity index (χ1n) is 5.65. The molecule has 96 valence electrons. The number of aromatic nitrogens is 2. The molecule has 0 bridgehead atoms. The lowest BCUT2D eigenvalue weighted by Crippen LogP contribution is -2.12. The third-order valence-electron chi connectivity index (χ3n) is 2.75. The Morgan fingerprint density at radius 3 is 3.16 bits per heavy atom. The number of carbonyl (C=O) groups excluding carboxylic acids is 1. The monoisotopic (exact) mass is 273 g/mol. The van der Waals surface area contributed by atoms with Gasteiger partial charge >= 0.3 is 0 Å². The number of nitrogens with zero attached hydrogens (tertiary/aromatic N) is 1. The van der Waals surface area contributed by atoms with Crippen LogP contribution in [0.2, 0.25) is 0 Å². The molecule has 3 rings (SSSR count). The van der Waals surface area contributed by atoms with Gasteiger partial charge in [0, 0.05) is 5.56 Å². The molecule has 0 saturated heterocycles. The number of ether oxygens (including phenoxy) is 1. The quantitative estimate of drug-likeness (QED) is 0.771. The fraction of sp³-hybridized carbons (Fsp3) is 0.0769. The van der Waals surface area contributed by atoms with Gasteiger partial charge in [-0.05, 0) is 29.6 Å². The Morgan fingerprint density at radius 1 is 1.42 bits per heavy atom. The largest absolute Gasteiger partial charge is 0.497 e. The highest BCUT2D eigenvalue weighted by molar-refractivity contribution is 7.16. The normalized spacial score (nSPS) is 10.6. The number of rotatable bonds is 3. The van der Waals surface area contributed by atoms with E-state index in [9.17, 15) is 4.79 Å². The topological polar surface area (TPSA) is 67.0 Å². The molecular weight excluding hydrogens is 262 g/mol. The number of hydrogen-bond acceptors (Lipinski definition) is 4. The molecule has 5 nitrogen and oxygen atoms in total. The van der Waals surface area contributed by atoms with E-state index >= 15 is 0 Å². The summed E-state index contributed by atoms with van der Waals surface area (Å²) < 4.78 is 5.10. The Labute approximate surface area is 113 Å². The van der Waals surface area contributed by atoms with Crippen LogP contribution < -0.4 is 10.1 Å². The van der Waals surface area contributed by atoms with Crippen molar-refractivity contribution in [2.24, 2.45) is 0 Å². The zero-order valence-corrected chi connectivity index (χ0v) is 11.0. The van der Waals surface area contributed by atoms with Crippen molar-refractivity contribution in [3.8, 4) is 5.75 Å². The molecule has 0 aliphatic carbocycles. The molecule has 0 unspecified atom stereocenters. The predicted octanol–water partition coefficient (Wildman–Crippen LogP) is 2.89. The first-order chi connectivity index (χ1) is 9.28. The number of hydrogen-bond donors (Lipinski definition) is 2. The van der Waals surface area contributed by atoms with Crippen LogP contribution in [0.5, 0.6) is 5.75 Å². The summed E-state index contributed by atoms with van der Waals surface area (Å²) in [6, 6.07) is 8.92. The average molecular weight is 273 g/mol. The lowest BCUT2D eigenvalue weighted by molar-refractivity contribution is 0.102. The first-order valence-corrected chi connectivity index (χ1v) is 6.53. The van der Waals surface area contributed by atoms with Crippen molar-refractivity contribution in [1.82, 2.24) is 10.2 Å². The van der Waals surface area contributed by atoms with Crippen molar-refractivity contribution in [2.45, 2.75) is 0 Å². The van der Waals surface area contributed by atoms with E-state index in [0.29, 0.717) is 17.1 Å². The van der Waals surface area contributed by atoms with Gasteiger partial charge in [-0.3, -0.25) is 9.89 Å². The van der Waals surface area contributed by atoms with Crippen LogP contribution in [0.15, 0.2) is 35.7 Å². The minimum Gasteiger partial charge on any atom is -0.497 e. The van der Waals surface area contributed by atoms with Gasteiger partial charge in [0.05, 0.1) is 12.5 Å². The van der Waals surface area contributed by atoms with Crippen molar-refractivity contribution in [1.29, 1.82) is 0 Å². The fourth-order valence-electron chi connectivity index (χ4n) is 1.79. The van der Waals surface area contributed by atoms with Crippen molar-refractivity contribution >= 4 is 33.3 Å². The summed E-state index contributed by atoms with van der Waals surface area (Å²) in [5.74, 6) is 1.07. The van der Waals surface area contributed by atoms with Crippen LogP contribution in [0.3, 0.4) is 0 Å². The molecule has 2 heterocycles. The summed E-state index contributed by atoms with van der Waals surface area (Å²) in [6.45, 7) is 0. The molecule has 0 aliphatic rings. The average Bonchev–Trinajstić information content (AvgIpc) is 3.04. The van der Waals surface area contributed by atoms with Crippen molar-refractivity contribution in [3.05, 3.63) is 41.3 Å². The van der Waals surface area contributed by atoms with Gasteiger partial charge in [0.25, 0.3) is 5.91 Å². The summed E-state index contributed by atoms with van der Waals surface area (Å²) in [4.78, 5) is 13.0. The van der Waals surface area contributed by atoms with Crippen LogP contribution in [0.4, 0.5) is 5.82 Å². The SMILES string of the molecule is COc1cccc(C(=O)Nc2[nH]nc3sccc23)c1. The van der Waals surface area contributed by atoms with E-state index in [2.05, 4.69) is 15.5 Å². The second-order valence-electron chi connectivity index (χ2n) is 3.92. The molecule has 0 radical (unpaired) electrons. The fourth-order valence-corrected chi connectivity index (χ4v) is 2.52. The lowest BCUT2D eigenvalue weighted by atomic mass is 10.2. The highest BCUT2D eigenvalue weighted by Crippen LogP contribution is 2.25. The van der Waals surface area contributed by atoms with E-state index in [4.69, 9.17) is 4.74 Å². The minimum atomic E-state index is -0.198. The second-order valence-corrected chi connectivity index (χ2v) is 4.82. The Bertz CT molecular complexity index is 732. The van der Waals surface area contributed by atoms with Gasteiger partial charge in [-0.25, -0.2) is 0 Å². The van der Waals surface area contributed by atoms with E-state index < -0.39 is 0 Å². The van der Waals surface area contributed by atoms with Crippen LogP contribution >= 0.6 is 11.3 Å². The molecule has 0 aliphatic heterocycles. The third-order valence-corrected chi connectivity index (χ3v) is 3.56. The molecule has 2 aromatic heterocycles. The summed E-state index contributed by atoms with van der Waals surface area (Å²) in [7, 11) is 1.57. The smallest absolute Gasteiger partial charge is 0.256 e. The van der Waals surface area contributed by atoms with Crippen molar-refractivity contribution < 1.29 is 9.53 Å². The van der Waals surface area contributed by atoms with Crippen LogP contribution in [0.25, 0.3) is 10.2 Å². The van der Waals surface area contributed by atoms with Crippen LogP contribution in [-0.4, -0.2) is 23.2 Å². The van der Waals surface area contributed by atoms with Crippen LogP contribution in [-0.2, 0) is 0 Å².